The number of aromatic nitrogens is 2. The van der Waals surface area contributed by atoms with Crippen LogP contribution in [0.15, 0.2) is 10.7 Å². The Labute approximate surface area is 123 Å². The number of halogens is 1. The summed E-state index contributed by atoms with van der Waals surface area (Å²) in [5.41, 5.74) is 4.20. The van der Waals surface area contributed by atoms with Crippen molar-refractivity contribution in [1.82, 2.24) is 20.1 Å². The van der Waals surface area contributed by atoms with E-state index in [-0.39, 0.29) is 6.04 Å². The third kappa shape index (κ3) is 3.56. The second kappa shape index (κ2) is 6.83. The van der Waals surface area contributed by atoms with Gasteiger partial charge >= 0.3 is 0 Å². The molecule has 19 heavy (non-hydrogen) atoms. The van der Waals surface area contributed by atoms with Gasteiger partial charge in [-0.3, -0.25) is 16.0 Å². The van der Waals surface area contributed by atoms with Crippen LogP contribution in [-0.4, -0.2) is 35.3 Å². The van der Waals surface area contributed by atoms with Crippen LogP contribution >= 0.6 is 15.9 Å². The minimum atomic E-state index is 0.196. The van der Waals surface area contributed by atoms with Gasteiger partial charge in [0.05, 0.1) is 29.0 Å². The van der Waals surface area contributed by atoms with E-state index >= 15 is 0 Å². The normalized spacial score (nSPS) is 18.4. The maximum atomic E-state index is 5.82. The Morgan fingerprint density at radius 3 is 2.79 bits per heavy atom. The van der Waals surface area contributed by atoms with Crippen molar-refractivity contribution in [2.45, 2.75) is 38.3 Å². The van der Waals surface area contributed by atoms with Gasteiger partial charge in [0, 0.05) is 6.54 Å². The van der Waals surface area contributed by atoms with Crippen molar-refractivity contribution in [2.75, 3.05) is 20.6 Å². The van der Waals surface area contributed by atoms with E-state index in [0.29, 0.717) is 5.92 Å². The Morgan fingerprint density at radius 1 is 1.53 bits per heavy atom. The molecule has 1 aliphatic rings. The molecule has 3 N–H and O–H groups in total. The molecule has 6 heteroatoms. The van der Waals surface area contributed by atoms with Gasteiger partial charge in [0.2, 0.25) is 0 Å². The molecule has 0 bridgehead atoms. The topological polar surface area (TPSA) is 59.1 Å². The highest BCUT2D eigenvalue weighted by Crippen LogP contribution is 2.37. The molecule has 0 aromatic carbocycles. The Hall–Kier alpha value is -0.430. The number of hydrogen-bond acceptors (Lipinski definition) is 4. The first-order chi connectivity index (χ1) is 9.13. The Balaban J connectivity index is 2.18. The molecule has 0 saturated heterocycles. The minimum Gasteiger partial charge on any atom is -0.308 e. The zero-order valence-electron chi connectivity index (χ0n) is 11.8. The fraction of sp³-hybridized carbons (Fsp3) is 0.769. The fourth-order valence-electron chi connectivity index (χ4n) is 2.88. The molecular weight excluding hydrogens is 306 g/mol. The number of likely N-dealkylation sites (N-methyl/N-ethyl adjacent to an activating group) is 1. The van der Waals surface area contributed by atoms with Crippen molar-refractivity contribution in [1.29, 1.82) is 0 Å². The van der Waals surface area contributed by atoms with E-state index in [1.165, 1.54) is 31.4 Å². The van der Waals surface area contributed by atoms with E-state index in [9.17, 15) is 0 Å². The van der Waals surface area contributed by atoms with Crippen molar-refractivity contribution in [2.24, 2.45) is 11.8 Å². The summed E-state index contributed by atoms with van der Waals surface area (Å²) in [6.45, 7) is 1.86. The SMILES string of the molecule is CN(C)CCn1ncc(Br)c1C(NN)C1CCCC1. The maximum absolute atomic E-state index is 5.82. The molecule has 5 nitrogen and oxygen atoms in total. The van der Waals surface area contributed by atoms with Gasteiger partial charge in [0.25, 0.3) is 0 Å². The molecule has 1 aromatic heterocycles. The van der Waals surface area contributed by atoms with Crippen LogP contribution in [0.5, 0.6) is 0 Å². The molecule has 0 aliphatic heterocycles. The lowest BCUT2D eigenvalue weighted by molar-refractivity contribution is 0.328. The number of hydrogen-bond donors (Lipinski definition) is 2. The van der Waals surface area contributed by atoms with Crippen LogP contribution in [0.4, 0.5) is 0 Å². The van der Waals surface area contributed by atoms with E-state index in [1.807, 2.05) is 6.20 Å². The number of nitrogens with two attached hydrogens (primary N) is 1. The van der Waals surface area contributed by atoms with Gasteiger partial charge in [-0.2, -0.15) is 5.10 Å². The molecule has 1 fully saturated rings. The van der Waals surface area contributed by atoms with Crippen molar-refractivity contribution in [3.63, 3.8) is 0 Å². The summed E-state index contributed by atoms with van der Waals surface area (Å²) in [6, 6.07) is 0.196. The van der Waals surface area contributed by atoms with E-state index < -0.39 is 0 Å². The fourth-order valence-corrected chi connectivity index (χ4v) is 3.43. The van der Waals surface area contributed by atoms with Gasteiger partial charge in [0.1, 0.15) is 0 Å². The predicted molar refractivity (Wildman–Crippen MR) is 80.5 cm³/mol. The van der Waals surface area contributed by atoms with Gasteiger partial charge < -0.3 is 4.90 Å². The molecule has 108 valence electrons. The molecule has 1 atom stereocenters. The molecule has 0 radical (unpaired) electrons. The summed E-state index contributed by atoms with van der Waals surface area (Å²) in [4.78, 5) is 2.17. The molecule has 0 amide bonds. The Morgan fingerprint density at radius 2 is 2.21 bits per heavy atom. The molecule has 1 aliphatic carbocycles. The number of rotatable bonds is 6. The maximum Gasteiger partial charge on any atom is 0.0712 e. The van der Waals surface area contributed by atoms with E-state index in [2.05, 4.69) is 50.1 Å². The Kier molecular flexibility index (Phi) is 5.38. The van der Waals surface area contributed by atoms with Crippen LogP contribution in [0, 0.1) is 5.92 Å². The van der Waals surface area contributed by atoms with Crippen molar-refractivity contribution >= 4 is 15.9 Å². The first-order valence-corrected chi connectivity index (χ1v) is 7.75. The van der Waals surface area contributed by atoms with Crippen LogP contribution in [0.3, 0.4) is 0 Å². The lowest BCUT2D eigenvalue weighted by atomic mass is 9.96. The first-order valence-electron chi connectivity index (χ1n) is 6.95. The quantitative estimate of drug-likeness (QED) is 0.618. The van der Waals surface area contributed by atoms with Gasteiger partial charge in [-0.05, 0) is 48.8 Å². The lowest BCUT2D eigenvalue weighted by Gasteiger charge is -2.24. The molecule has 2 rings (SSSR count). The van der Waals surface area contributed by atoms with Gasteiger partial charge in [0.15, 0.2) is 0 Å². The number of hydrazine groups is 1. The van der Waals surface area contributed by atoms with Crippen LogP contribution < -0.4 is 11.3 Å². The van der Waals surface area contributed by atoms with Crippen LogP contribution in [-0.2, 0) is 6.54 Å². The molecule has 1 saturated carbocycles. The third-order valence-corrected chi connectivity index (χ3v) is 4.55. The molecule has 1 heterocycles. The smallest absolute Gasteiger partial charge is 0.0712 e. The summed E-state index contributed by atoms with van der Waals surface area (Å²) in [7, 11) is 4.15. The average molecular weight is 330 g/mol. The summed E-state index contributed by atoms with van der Waals surface area (Å²) >= 11 is 3.62. The van der Waals surface area contributed by atoms with Gasteiger partial charge in [-0.1, -0.05) is 12.8 Å². The second-order valence-electron chi connectivity index (χ2n) is 5.59. The second-order valence-corrected chi connectivity index (χ2v) is 6.45. The number of nitrogens with one attached hydrogen (secondary N) is 1. The summed E-state index contributed by atoms with van der Waals surface area (Å²) in [5.74, 6) is 6.44. The molecule has 1 unspecified atom stereocenters. The predicted octanol–water partition coefficient (Wildman–Crippen LogP) is 1.90. The van der Waals surface area contributed by atoms with E-state index in [1.54, 1.807) is 0 Å². The van der Waals surface area contributed by atoms with Crippen molar-refractivity contribution in [3.8, 4) is 0 Å². The molecule has 1 aromatic rings. The van der Waals surface area contributed by atoms with Gasteiger partial charge in [-0.25, -0.2) is 0 Å². The van der Waals surface area contributed by atoms with Crippen LogP contribution in [0.25, 0.3) is 0 Å². The van der Waals surface area contributed by atoms with Crippen LogP contribution in [0.1, 0.15) is 37.4 Å². The average Bonchev–Trinajstić information content (AvgIpc) is 3.00. The highest BCUT2D eigenvalue weighted by atomic mass is 79.9. The highest BCUT2D eigenvalue weighted by molar-refractivity contribution is 9.10. The monoisotopic (exact) mass is 329 g/mol. The zero-order chi connectivity index (χ0) is 13.8. The summed E-state index contributed by atoms with van der Waals surface area (Å²) < 4.78 is 3.13. The lowest BCUT2D eigenvalue weighted by Crippen LogP contribution is -2.35. The summed E-state index contributed by atoms with van der Waals surface area (Å²) in [5, 5.41) is 4.48. The summed E-state index contributed by atoms with van der Waals surface area (Å²) in [6.07, 6.45) is 7.00. The Bertz CT molecular complexity index is 398. The number of nitrogens with zero attached hydrogens (tertiary/aromatic N) is 3. The largest absolute Gasteiger partial charge is 0.308 e. The zero-order valence-corrected chi connectivity index (χ0v) is 13.4. The minimum absolute atomic E-state index is 0.196. The highest BCUT2D eigenvalue weighted by Gasteiger charge is 2.29. The van der Waals surface area contributed by atoms with Gasteiger partial charge in [-0.15, -0.1) is 0 Å². The van der Waals surface area contributed by atoms with Crippen LogP contribution in [0.2, 0.25) is 0 Å². The van der Waals surface area contributed by atoms with Crippen molar-refractivity contribution in [3.05, 3.63) is 16.4 Å². The van der Waals surface area contributed by atoms with E-state index in [0.717, 1.165) is 17.6 Å². The van der Waals surface area contributed by atoms with Crippen molar-refractivity contribution < 1.29 is 0 Å². The standard InChI is InChI=1S/C13H24BrN5/c1-18(2)7-8-19-13(11(14)9-16-19)12(17-15)10-5-3-4-6-10/h9-10,12,17H,3-8,15H2,1-2H3. The first kappa shape index (κ1) is 15.0. The molecular formula is C13H24BrN5. The molecule has 0 spiro atoms. The third-order valence-electron chi connectivity index (χ3n) is 3.94. The van der Waals surface area contributed by atoms with E-state index in [4.69, 9.17) is 5.84 Å².